The number of hydrogen-bond donors (Lipinski definition) is 2. The van der Waals surface area contributed by atoms with E-state index >= 15 is 0 Å². The summed E-state index contributed by atoms with van der Waals surface area (Å²) in [6.07, 6.45) is 1.73. The van der Waals surface area contributed by atoms with Crippen molar-refractivity contribution in [3.05, 3.63) is 0 Å². The molecule has 0 rings (SSSR count). The number of aliphatic hydroxyl groups is 1. The van der Waals surface area contributed by atoms with E-state index in [0.29, 0.717) is 0 Å². The van der Waals surface area contributed by atoms with Crippen LogP contribution in [-0.2, 0) is 4.79 Å². The topological polar surface area (TPSA) is 49.3 Å². The van der Waals surface area contributed by atoms with Gasteiger partial charge in [-0.1, -0.05) is 11.9 Å². The van der Waals surface area contributed by atoms with E-state index < -0.39 is 5.60 Å². The largest absolute Gasteiger partial charge is 0.381 e. The van der Waals surface area contributed by atoms with Crippen molar-refractivity contribution in [2.45, 2.75) is 19.4 Å². The van der Waals surface area contributed by atoms with E-state index in [4.69, 9.17) is 5.11 Å². The first-order valence-electron chi connectivity index (χ1n) is 2.54. The van der Waals surface area contributed by atoms with Crippen LogP contribution in [0.1, 0.15) is 13.8 Å². The summed E-state index contributed by atoms with van der Waals surface area (Å²) in [5.41, 5.74) is -1.26. The Hall–Kier alpha value is -0.220. The molecule has 1 amide bonds. The maximum absolute atomic E-state index is 10.7. The lowest BCUT2D eigenvalue weighted by Gasteiger charge is -2.14. The molecule has 0 fully saturated rings. The minimum Gasteiger partial charge on any atom is -0.381 e. The minimum atomic E-state index is -1.26. The lowest BCUT2D eigenvalue weighted by molar-refractivity contribution is -0.134. The van der Waals surface area contributed by atoms with Gasteiger partial charge in [-0.15, -0.1) is 0 Å². The van der Waals surface area contributed by atoms with Gasteiger partial charge in [0.05, 0.1) is 0 Å². The molecule has 54 valence electrons. The Bertz CT molecular complexity index is 108. The van der Waals surface area contributed by atoms with Crippen LogP contribution in [0.5, 0.6) is 0 Å². The van der Waals surface area contributed by atoms with Crippen LogP contribution in [0.25, 0.3) is 0 Å². The molecule has 0 atom stereocenters. The van der Waals surface area contributed by atoms with Gasteiger partial charge in [0.25, 0.3) is 5.91 Å². The van der Waals surface area contributed by atoms with Crippen molar-refractivity contribution in [3.63, 3.8) is 0 Å². The average Bonchev–Trinajstić information content (AvgIpc) is 1.64. The molecule has 0 heterocycles. The van der Waals surface area contributed by atoms with E-state index in [2.05, 4.69) is 4.72 Å². The standard InChI is InChI=1S/C5H11NO2S/c1-5(2,8)4(7)6-9-3/h8H,1-3H3,(H,6,7). The van der Waals surface area contributed by atoms with Crippen LogP contribution in [0, 0.1) is 0 Å². The predicted molar refractivity (Wildman–Crippen MR) is 38.0 cm³/mol. The molecule has 0 saturated heterocycles. The summed E-state index contributed by atoms with van der Waals surface area (Å²) in [6, 6.07) is 0. The second-order valence-corrected chi connectivity index (χ2v) is 2.81. The third kappa shape index (κ3) is 3.37. The molecule has 0 saturated carbocycles. The fourth-order valence-corrected chi connectivity index (χ4v) is 0.653. The predicted octanol–water partition coefficient (Wildman–Crippen LogP) is 0.151. The van der Waals surface area contributed by atoms with Crippen LogP contribution < -0.4 is 4.72 Å². The first-order valence-corrected chi connectivity index (χ1v) is 3.76. The summed E-state index contributed by atoms with van der Waals surface area (Å²) in [4.78, 5) is 10.7. The fraction of sp³-hybridized carbons (Fsp3) is 0.800. The van der Waals surface area contributed by atoms with Crippen molar-refractivity contribution in [2.24, 2.45) is 0 Å². The smallest absolute Gasteiger partial charge is 0.261 e. The number of hydrogen-bond acceptors (Lipinski definition) is 3. The van der Waals surface area contributed by atoms with Crippen LogP contribution in [0.2, 0.25) is 0 Å². The second-order valence-electron chi connectivity index (χ2n) is 2.19. The highest BCUT2D eigenvalue weighted by Crippen LogP contribution is 2.01. The summed E-state index contributed by atoms with van der Waals surface area (Å²) in [5, 5.41) is 8.99. The zero-order valence-electron chi connectivity index (χ0n) is 5.76. The molecular weight excluding hydrogens is 138 g/mol. The molecule has 0 aromatic heterocycles. The highest BCUT2D eigenvalue weighted by Gasteiger charge is 2.22. The monoisotopic (exact) mass is 149 g/mol. The summed E-state index contributed by atoms with van der Waals surface area (Å²) in [5.74, 6) is -0.366. The van der Waals surface area contributed by atoms with Crippen LogP contribution >= 0.6 is 11.9 Å². The number of amides is 1. The van der Waals surface area contributed by atoms with Gasteiger partial charge in [-0.05, 0) is 13.8 Å². The first-order chi connectivity index (χ1) is 3.98. The Labute approximate surface area is 59.0 Å². The quantitative estimate of drug-likeness (QED) is 0.549. The Kier molecular flexibility index (Phi) is 3.00. The fourth-order valence-electron chi connectivity index (χ4n) is 0.218. The number of carbonyl (C=O) groups is 1. The molecule has 0 unspecified atom stereocenters. The molecule has 0 aliphatic heterocycles. The molecular formula is C5H11NO2S. The number of nitrogens with one attached hydrogen (secondary N) is 1. The van der Waals surface area contributed by atoms with Crippen LogP contribution in [0.3, 0.4) is 0 Å². The lowest BCUT2D eigenvalue weighted by atomic mass is 10.1. The Morgan fingerprint density at radius 1 is 1.67 bits per heavy atom. The first kappa shape index (κ1) is 8.78. The third-order valence-corrected chi connectivity index (χ3v) is 1.14. The van der Waals surface area contributed by atoms with Gasteiger partial charge in [-0.2, -0.15) is 0 Å². The highest BCUT2D eigenvalue weighted by atomic mass is 32.2. The summed E-state index contributed by atoms with van der Waals surface area (Å²) in [6.45, 7) is 2.89. The van der Waals surface area contributed by atoms with E-state index in [0.717, 1.165) is 0 Å². The Morgan fingerprint density at radius 2 is 2.11 bits per heavy atom. The third-order valence-electron chi connectivity index (χ3n) is 0.750. The van der Waals surface area contributed by atoms with Crippen molar-refractivity contribution < 1.29 is 9.90 Å². The van der Waals surface area contributed by atoms with Gasteiger partial charge < -0.3 is 5.11 Å². The van der Waals surface area contributed by atoms with Crippen molar-refractivity contribution in [3.8, 4) is 0 Å². The zero-order chi connectivity index (χ0) is 7.49. The van der Waals surface area contributed by atoms with Gasteiger partial charge in [-0.25, -0.2) is 0 Å². The number of carbonyl (C=O) groups excluding carboxylic acids is 1. The highest BCUT2D eigenvalue weighted by molar-refractivity contribution is 7.97. The molecule has 0 aromatic carbocycles. The van der Waals surface area contributed by atoms with Crippen molar-refractivity contribution in [2.75, 3.05) is 6.26 Å². The zero-order valence-corrected chi connectivity index (χ0v) is 6.58. The van der Waals surface area contributed by atoms with E-state index in [1.807, 2.05) is 0 Å². The van der Waals surface area contributed by atoms with E-state index in [1.165, 1.54) is 25.8 Å². The van der Waals surface area contributed by atoms with E-state index in [9.17, 15) is 4.79 Å². The summed E-state index contributed by atoms with van der Waals surface area (Å²) >= 11 is 1.18. The van der Waals surface area contributed by atoms with Crippen molar-refractivity contribution in [1.82, 2.24) is 4.72 Å². The molecule has 0 aliphatic rings. The molecule has 9 heavy (non-hydrogen) atoms. The minimum absolute atomic E-state index is 0.366. The normalized spacial score (nSPS) is 11.1. The molecule has 0 aliphatic carbocycles. The van der Waals surface area contributed by atoms with Gasteiger partial charge >= 0.3 is 0 Å². The Morgan fingerprint density at radius 3 is 2.22 bits per heavy atom. The van der Waals surface area contributed by atoms with Crippen LogP contribution in [0.4, 0.5) is 0 Å². The second kappa shape index (κ2) is 3.08. The molecule has 0 aromatic rings. The summed E-state index contributed by atoms with van der Waals surface area (Å²) < 4.78 is 2.41. The molecule has 2 N–H and O–H groups in total. The SMILES string of the molecule is CSNC(=O)C(C)(C)O. The maximum atomic E-state index is 10.7. The van der Waals surface area contributed by atoms with Crippen molar-refractivity contribution >= 4 is 17.9 Å². The van der Waals surface area contributed by atoms with Crippen LogP contribution in [0.15, 0.2) is 0 Å². The molecule has 0 radical (unpaired) electrons. The van der Waals surface area contributed by atoms with Gasteiger partial charge in [0.15, 0.2) is 0 Å². The molecule has 3 nitrogen and oxygen atoms in total. The van der Waals surface area contributed by atoms with Gasteiger partial charge in [0, 0.05) is 6.26 Å². The number of rotatable bonds is 2. The van der Waals surface area contributed by atoms with Crippen molar-refractivity contribution in [1.29, 1.82) is 0 Å². The molecule has 0 bridgehead atoms. The van der Waals surface area contributed by atoms with Gasteiger partial charge in [-0.3, -0.25) is 9.52 Å². The average molecular weight is 149 g/mol. The summed E-state index contributed by atoms with van der Waals surface area (Å²) in [7, 11) is 0. The van der Waals surface area contributed by atoms with E-state index in [-0.39, 0.29) is 5.91 Å². The Balaban J connectivity index is 3.74. The lowest BCUT2D eigenvalue weighted by Crippen LogP contribution is -2.38. The molecule has 4 heteroatoms. The maximum Gasteiger partial charge on any atom is 0.261 e. The molecule has 0 spiro atoms. The van der Waals surface area contributed by atoms with Gasteiger partial charge in [0.1, 0.15) is 5.60 Å². The van der Waals surface area contributed by atoms with E-state index in [1.54, 1.807) is 6.26 Å². The van der Waals surface area contributed by atoms with Gasteiger partial charge in [0.2, 0.25) is 0 Å². The van der Waals surface area contributed by atoms with Crippen LogP contribution in [-0.4, -0.2) is 22.9 Å².